The van der Waals surface area contributed by atoms with Crippen LogP contribution in [0.1, 0.15) is 33.1 Å². The predicted octanol–water partition coefficient (Wildman–Crippen LogP) is 2.42. The highest BCUT2D eigenvalue weighted by Gasteiger charge is 2.16. The zero-order valence-corrected chi connectivity index (χ0v) is 14.2. The fourth-order valence-electron chi connectivity index (χ4n) is 1.95. The van der Waals surface area contributed by atoms with Crippen molar-refractivity contribution in [3.63, 3.8) is 0 Å². The van der Waals surface area contributed by atoms with Crippen LogP contribution in [0.5, 0.6) is 0 Å². The minimum atomic E-state index is -0.782. The van der Waals surface area contributed by atoms with Gasteiger partial charge < -0.3 is 9.84 Å². The molecule has 1 N–H and O–H groups in total. The van der Waals surface area contributed by atoms with Gasteiger partial charge in [0.2, 0.25) is 0 Å². The first kappa shape index (κ1) is 18.6. The van der Waals surface area contributed by atoms with Crippen LogP contribution in [-0.4, -0.2) is 27.7 Å². The summed E-state index contributed by atoms with van der Waals surface area (Å²) in [7, 11) is 0. The summed E-state index contributed by atoms with van der Waals surface area (Å²) in [4.78, 5) is 19.7. The largest absolute Gasteiger partial charge is 0.461 e. The van der Waals surface area contributed by atoms with Crippen molar-refractivity contribution in [1.29, 1.82) is 10.5 Å². The van der Waals surface area contributed by atoms with E-state index >= 15 is 0 Å². The molecule has 126 valence electrons. The quantitative estimate of drug-likeness (QED) is 0.795. The van der Waals surface area contributed by atoms with Crippen molar-refractivity contribution in [3.05, 3.63) is 56.6 Å². The highest BCUT2D eigenvalue weighted by Crippen LogP contribution is 2.22. The molecule has 0 aliphatic carbocycles. The number of nitriles is 2. The fraction of sp³-hybridized carbons (Fsp3) is 0.188. The van der Waals surface area contributed by atoms with E-state index in [0.29, 0.717) is 5.56 Å². The minimum Gasteiger partial charge on any atom is -0.461 e. The topological polar surface area (TPSA) is 120 Å². The Kier molecular flexibility index (Phi) is 6.26. The Morgan fingerprint density at radius 2 is 1.92 bits per heavy atom. The lowest BCUT2D eigenvalue weighted by Gasteiger charge is -2.09. The smallest absolute Gasteiger partial charge is 0.358 e. The maximum absolute atomic E-state index is 12.0. The molecule has 0 saturated carbocycles. The van der Waals surface area contributed by atoms with Crippen molar-refractivity contribution in [3.8, 4) is 12.1 Å². The molecule has 25 heavy (non-hydrogen) atoms. The molecule has 0 bridgehead atoms. The Hall–Kier alpha value is -2.71. The van der Waals surface area contributed by atoms with E-state index in [4.69, 9.17) is 38.5 Å². The second-order valence-electron chi connectivity index (χ2n) is 4.72. The molecule has 0 unspecified atom stereocenters. The predicted molar refractivity (Wildman–Crippen MR) is 87.8 cm³/mol. The number of carbonyl (C=O) groups is 1. The van der Waals surface area contributed by atoms with E-state index < -0.39 is 12.6 Å². The van der Waals surface area contributed by atoms with Gasteiger partial charge in [-0.3, -0.25) is 0 Å². The van der Waals surface area contributed by atoms with E-state index in [-0.39, 0.29) is 45.8 Å². The number of aliphatic hydroxyl groups excluding tert-OH is 1. The van der Waals surface area contributed by atoms with Gasteiger partial charge in [0.25, 0.3) is 0 Å². The molecule has 0 atom stereocenters. The molecule has 2 aromatic heterocycles. The van der Waals surface area contributed by atoms with Crippen molar-refractivity contribution in [2.24, 2.45) is 0 Å². The fourth-order valence-corrected chi connectivity index (χ4v) is 2.39. The number of hydrogen-bond acceptors (Lipinski definition) is 7. The zero-order chi connectivity index (χ0) is 18.4. The molecule has 0 spiro atoms. The molecule has 0 aliphatic rings. The average Bonchev–Trinajstić information content (AvgIpc) is 2.63. The molecule has 2 rings (SSSR count). The molecular weight excluding hydrogens is 367 g/mol. The monoisotopic (exact) mass is 376 g/mol. The maximum Gasteiger partial charge on any atom is 0.358 e. The van der Waals surface area contributed by atoms with Crippen LogP contribution in [0.15, 0.2) is 18.2 Å². The van der Waals surface area contributed by atoms with Crippen LogP contribution < -0.4 is 0 Å². The number of aromatic nitrogens is 2. The SMILES string of the molecule is N#Cc1cc(CCOC(=O)c2nc(C#N)ccc2Cl)c(Cl)c(CO)n1. The molecule has 9 heteroatoms. The number of ether oxygens (including phenoxy) is 1. The van der Waals surface area contributed by atoms with E-state index in [2.05, 4.69) is 9.97 Å². The van der Waals surface area contributed by atoms with Gasteiger partial charge in [-0.25, -0.2) is 14.8 Å². The van der Waals surface area contributed by atoms with Crippen LogP contribution >= 0.6 is 23.2 Å². The first-order valence-corrected chi connectivity index (χ1v) is 7.68. The molecule has 0 aromatic carbocycles. The highest BCUT2D eigenvalue weighted by atomic mass is 35.5. The van der Waals surface area contributed by atoms with Crippen LogP contribution in [0, 0.1) is 22.7 Å². The molecule has 0 saturated heterocycles. The third-order valence-electron chi connectivity index (χ3n) is 3.12. The molecule has 0 radical (unpaired) electrons. The third kappa shape index (κ3) is 4.43. The standard InChI is InChI=1S/C16H10Cl2N4O3/c17-12-2-1-10(6-19)22-15(12)16(24)25-4-3-9-5-11(7-20)21-13(8-23)14(9)18/h1-2,5,23H,3-4,8H2. The lowest BCUT2D eigenvalue weighted by molar-refractivity contribution is 0.0502. The summed E-state index contributed by atoms with van der Waals surface area (Å²) in [5.41, 5.74) is 0.666. The van der Waals surface area contributed by atoms with Crippen molar-refractivity contribution < 1.29 is 14.6 Å². The number of nitrogens with zero attached hydrogens (tertiary/aromatic N) is 4. The van der Waals surface area contributed by atoms with Crippen LogP contribution in [0.3, 0.4) is 0 Å². The number of halogens is 2. The van der Waals surface area contributed by atoms with E-state index in [1.807, 2.05) is 12.1 Å². The number of aliphatic hydroxyl groups is 1. The third-order valence-corrected chi connectivity index (χ3v) is 3.89. The lowest BCUT2D eigenvalue weighted by atomic mass is 10.1. The Morgan fingerprint density at radius 1 is 1.20 bits per heavy atom. The summed E-state index contributed by atoms with van der Waals surface area (Å²) >= 11 is 12.0. The number of esters is 1. The van der Waals surface area contributed by atoms with Crippen LogP contribution in [0.2, 0.25) is 10.0 Å². The van der Waals surface area contributed by atoms with Gasteiger partial charge in [-0.05, 0) is 23.8 Å². The second kappa shape index (κ2) is 8.41. The summed E-state index contributed by atoms with van der Waals surface area (Å²) in [6.07, 6.45) is 0.199. The molecule has 2 aromatic rings. The maximum atomic E-state index is 12.0. The van der Waals surface area contributed by atoms with Crippen molar-refractivity contribution in [2.45, 2.75) is 13.0 Å². The van der Waals surface area contributed by atoms with Gasteiger partial charge in [0.05, 0.1) is 29.0 Å². The second-order valence-corrected chi connectivity index (χ2v) is 5.51. The highest BCUT2D eigenvalue weighted by molar-refractivity contribution is 6.33. The summed E-state index contributed by atoms with van der Waals surface area (Å²) in [6.45, 7) is -0.477. The molecule has 0 amide bonds. The lowest BCUT2D eigenvalue weighted by Crippen LogP contribution is -2.12. The molecule has 2 heterocycles. The number of hydrogen-bond donors (Lipinski definition) is 1. The summed E-state index contributed by atoms with van der Waals surface area (Å²) in [6, 6.07) is 7.90. The van der Waals surface area contributed by atoms with E-state index in [1.165, 1.54) is 18.2 Å². The van der Waals surface area contributed by atoms with Crippen molar-refractivity contribution in [1.82, 2.24) is 9.97 Å². The molecule has 0 fully saturated rings. The normalized spacial score (nSPS) is 9.96. The van der Waals surface area contributed by atoms with Gasteiger partial charge in [0, 0.05) is 6.42 Å². The Bertz CT molecular complexity index is 903. The van der Waals surface area contributed by atoms with Crippen molar-refractivity contribution >= 4 is 29.2 Å². The Balaban J connectivity index is 2.10. The van der Waals surface area contributed by atoms with Crippen molar-refractivity contribution in [2.75, 3.05) is 6.61 Å². The summed E-state index contributed by atoms with van der Waals surface area (Å²) < 4.78 is 5.09. The first-order chi connectivity index (χ1) is 12.0. The van der Waals surface area contributed by atoms with Crippen LogP contribution in [0.4, 0.5) is 0 Å². The van der Waals surface area contributed by atoms with Gasteiger partial charge in [-0.2, -0.15) is 10.5 Å². The van der Waals surface area contributed by atoms with Gasteiger partial charge >= 0.3 is 5.97 Å². The summed E-state index contributed by atoms with van der Waals surface area (Å²) in [5, 5.41) is 27.2. The zero-order valence-electron chi connectivity index (χ0n) is 12.7. The average molecular weight is 377 g/mol. The molecule has 0 aliphatic heterocycles. The van der Waals surface area contributed by atoms with Gasteiger partial charge in [-0.1, -0.05) is 23.2 Å². The Labute approximate surface area is 153 Å². The van der Waals surface area contributed by atoms with Crippen LogP contribution in [-0.2, 0) is 17.8 Å². The molecular formula is C16H10Cl2N4O3. The number of pyridine rings is 2. The van der Waals surface area contributed by atoms with Crippen LogP contribution in [0.25, 0.3) is 0 Å². The Morgan fingerprint density at radius 3 is 2.56 bits per heavy atom. The van der Waals surface area contributed by atoms with E-state index in [1.54, 1.807) is 0 Å². The number of rotatable bonds is 5. The minimum absolute atomic E-state index is 0.0415. The summed E-state index contributed by atoms with van der Waals surface area (Å²) in [5.74, 6) is -0.782. The van der Waals surface area contributed by atoms with Gasteiger partial charge in [0.1, 0.15) is 23.5 Å². The first-order valence-electron chi connectivity index (χ1n) is 6.93. The van der Waals surface area contributed by atoms with Gasteiger partial charge in [0.15, 0.2) is 5.69 Å². The van der Waals surface area contributed by atoms with E-state index in [9.17, 15) is 9.90 Å². The number of carbonyl (C=O) groups excluding carboxylic acids is 1. The van der Waals surface area contributed by atoms with E-state index in [0.717, 1.165) is 0 Å². The molecule has 7 nitrogen and oxygen atoms in total. The van der Waals surface area contributed by atoms with Gasteiger partial charge in [-0.15, -0.1) is 0 Å².